The van der Waals surface area contributed by atoms with Gasteiger partial charge in [-0.15, -0.1) is 0 Å². The molecule has 0 saturated carbocycles. The van der Waals surface area contributed by atoms with Gasteiger partial charge < -0.3 is 15.1 Å². The van der Waals surface area contributed by atoms with Gasteiger partial charge in [0.2, 0.25) is 0 Å². The van der Waals surface area contributed by atoms with Gasteiger partial charge in [-0.25, -0.2) is 0 Å². The fourth-order valence-electron chi connectivity index (χ4n) is 3.16. The first-order valence-electron chi connectivity index (χ1n) is 8.70. The summed E-state index contributed by atoms with van der Waals surface area (Å²) >= 11 is 0. The van der Waals surface area contributed by atoms with Crippen molar-refractivity contribution in [2.45, 2.75) is 6.92 Å². The van der Waals surface area contributed by atoms with Gasteiger partial charge in [-0.1, -0.05) is 12.1 Å². The molecule has 2 N–H and O–H groups in total. The van der Waals surface area contributed by atoms with Crippen molar-refractivity contribution < 1.29 is 9.69 Å². The van der Waals surface area contributed by atoms with Gasteiger partial charge in [0.25, 0.3) is 5.91 Å². The summed E-state index contributed by atoms with van der Waals surface area (Å²) in [5, 5.41) is 11.9. The van der Waals surface area contributed by atoms with E-state index in [0.717, 1.165) is 44.1 Å². The maximum Gasteiger partial charge on any atom is 0.255 e. The smallest absolute Gasteiger partial charge is 0.255 e. The van der Waals surface area contributed by atoms with Gasteiger partial charge in [-0.2, -0.15) is 5.26 Å². The average molecular weight is 335 g/mol. The molecule has 3 rings (SSSR count). The van der Waals surface area contributed by atoms with E-state index in [4.69, 9.17) is 5.26 Å². The molecule has 5 nitrogen and oxygen atoms in total. The molecule has 1 fully saturated rings. The predicted molar refractivity (Wildman–Crippen MR) is 99.0 cm³/mol. The Morgan fingerprint density at radius 1 is 1.16 bits per heavy atom. The molecule has 0 aromatic heterocycles. The van der Waals surface area contributed by atoms with Crippen LogP contribution in [0.5, 0.6) is 0 Å². The molecule has 5 heteroatoms. The molecular weight excluding hydrogens is 312 g/mol. The number of rotatable bonds is 4. The van der Waals surface area contributed by atoms with E-state index in [1.54, 1.807) is 29.2 Å². The van der Waals surface area contributed by atoms with E-state index in [2.05, 4.69) is 29.3 Å². The zero-order valence-corrected chi connectivity index (χ0v) is 14.5. The number of amides is 1. The molecule has 128 valence electrons. The van der Waals surface area contributed by atoms with Gasteiger partial charge >= 0.3 is 0 Å². The Labute approximate surface area is 148 Å². The third-order valence-corrected chi connectivity index (χ3v) is 4.74. The standard InChI is InChI=1S/C20H22N4O/c1-2-23-11-13-24(14-12-23)19-6-4-3-5-18(19)22-20(25)17-9-7-16(15-21)8-10-17/h3-10H,2,11-14H2,1H3,(H,22,25)/p+1. The summed E-state index contributed by atoms with van der Waals surface area (Å²) in [6.07, 6.45) is 0. The Hall–Kier alpha value is -2.84. The molecule has 2 aromatic rings. The first-order valence-corrected chi connectivity index (χ1v) is 8.70. The fourth-order valence-corrected chi connectivity index (χ4v) is 3.16. The number of nitrogens with one attached hydrogen (secondary N) is 2. The lowest BCUT2D eigenvalue weighted by molar-refractivity contribution is -0.898. The van der Waals surface area contributed by atoms with Crippen LogP contribution >= 0.6 is 0 Å². The quantitative estimate of drug-likeness (QED) is 0.891. The van der Waals surface area contributed by atoms with Crippen molar-refractivity contribution >= 4 is 17.3 Å². The monoisotopic (exact) mass is 335 g/mol. The molecule has 0 spiro atoms. The van der Waals surface area contributed by atoms with Crippen LogP contribution in [0.2, 0.25) is 0 Å². The number of likely N-dealkylation sites (N-methyl/N-ethyl adjacent to an activating group) is 1. The molecular formula is C20H23N4O+. The van der Waals surface area contributed by atoms with Gasteiger partial charge in [-0.3, -0.25) is 4.79 Å². The van der Waals surface area contributed by atoms with Crippen LogP contribution in [0, 0.1) is 11.3 Å². The SMILES string of the molecule is CC[NH+]1CCN(c2ccccc2NC(=O)c2ccc(C#N)cc2)CC1. The average Bonchev–Trinajstić information content (AvgIpc) is 2.68. The number of carbonyl (C=O) groups is 1. The van der Waals surface area contributed by atoms with Gasteiger partial charge in [0.05, 0.1) is 55.7 Å². The van der Waals surface area contributed by atoms with Gasteiger partial charge in [0.1, 0.15) is 0 Å². The van der Waals surface area contributed by atoms with E-state index >= 15 is 0 Å². The van der Waals surface area contributed by atoms with Gasteiger partial charge in [0.15, 0.2) is 0 Å². The third-order valence-electron chi connectivity index (χ3n) is 4.74. The number of hydrogen-bond acceptors (Lipinski definition) is 3. The number of nitriles is 1. The van der Waals surface area contributed by atoms with E-state index in [1.165, 1.54) is 0 Å². The van der Waals surface area contributed by atoms with Gasteiger partial charge in [-0.05, 0) is 43.3 Å². The molecule has 1 aliphatic rings. The summed E-state index contributed by atoms with van der Waals surface area (Å²) < 4.78 is 0. The van der Waals surface area contributed by atoms with Crippen molar-refractivity contribution in [3.8, 4) is 6.07 Å². The summed E-state index contributed by atoms with van der Waals surface area (Å²) in [5.74, 6) is -0.158. The number of piperazine rings is 1. The zero-order chi connectivity index (χ0) is 17.6. The van der Waals surface area contributed by atoms with E-state index in [9.17, 15) is 4.79 Å². The highest BCUT2D eigenvalue weighted by molar-refractivity contribution is 6.06. The van der Waals surface area contributed by atoms with E-state index < -0.39 is 0 Å². The van der Waals surface area contributed by atoms with Crippen molar-refractivity contribution in [3.63, 3.8) is 0 Å². The first-order chi connectivity index (χ1) is 12.2. The molecule has 1 heterocycles. The molecule has 2 aromatic carbocycles. The van der Waals surface area contributed by atoms with Crippen LogP contribution in [0.15, 0.2) is 48.5 Å². The second-order valence-electron chi connectivity index (χ2n) is 6.25. The number of nitrogens with zero attached hydrogens (tertiary/aromatic N) is 2. The summed E-state index contributed by atoms with van der Waals surface area (Å²) in [7, 11) is 0. The molecule has 1 saturated heterocycles. The summed E-state index contributed by atoms with van der Waals surface area (Å²) in [5.41, 5.74) is 3.00. The lowest BCUT2D eigenvalue weighted by Crippen LogP contribution is -3.14. The van der Waals surface area contributed by atoms with E-state index in [0.29, 0.717) is 11.1 Å². The molecule has 0 bridgehead atoms. The van der Waals surface area contributed by atoms with Crippen LogP contribution in [0.4, 0.5) is 11.4 Å². The first kappa shape index (κ1) is 17.0. The van der Waals surface area contributed by atoms with Crippen LogP contribution in [0.25, 0.3) is 0 Å². The number of anilines is 2. The van der Waals surface area contributed by atoms with Crippen LogP contribution in [0.1, 0.15) is 22.8 Å². The maximum atomic E-state index is 12.5. The fraction of sp³-hybridized carbons (Fsp3) is 0.300. The van der Waals surface area contributed by atoms with Crippen LogP contribution in [0.3, 0.4) is 0 Å². The van der Waals surface area contributed by atoms with Crippen LogP contribution in [-0.2, 0) is 0 Å². The number of hydrogen-bond donors (Lipinski definition) is 2. The topological polar surface area (TPSA) is 60.6 Å². The van der Waals surface area contributed by atoms with Crippen molar-refractivity contribution in [3.05, 3.63) is 59.7 Å². The summed E-state index contributed by atoms with van der Waals surface area (Å²) in [6, 6.07) is 16.7. The molecule has 25 heavy (non-hydrogen) atoms. The zero-order valence-electron chi connectivity index (χ0n) is 14.5. The van der Waals surface area contributed by atoms with Crippen LogP contribution in [-0.4, -0.2) is 38.6 Å². The predicted octanol–water partition coefficient (Wildman–Crippen LogP) is 1.54. The van der Waals surface area contributed by atoms with Crippen molar-refractivity contribution in [1.82, 2.24) is 0 Å². The van der Waals surface area contributed by atoms with Gasteiger partial charge in [0, 0.05) is 5.56 Å². The lowest BCUT2D eigenvalue weighted by atomic mass is 10.1. The minimum atomic E-state index is -0.158. The lowest BCUT2D eigenvalue weighted by Gasteiger charge is -2.34. The second-order valence-corrected chi connectivity index (χ2v) is 6.25. The number of carbonyl (C=O) groups excluding carboxylic acids is 1. The van der Waals surface area contributed by atoms with E-state index in [1.807, 2.05) is 18.2 Å². The highest BCUT2D eigenvalue weighted by atomic mass is 16.1. The molecule has 0 atom stereocenters. The Morgan fingerprint density at radius 3 is 2.48 bits per heavy atom. The van der Waals surface area contributed by atoms with Crippen LogP contribution < -0.4 is 15.1 Å². The molecule has 0 radical (unpaired) electrons. The minimum absolute atomic E-state index is 0.158. The Kier molecular flexibility index (Phi) is 5.32. The maximum absolute atomic E-state index is 12.5. The third kappa shape index (κ3) is 3.98. The normalized spacial score (nSPS) is 14.8. The van der Waals surface area contributed by atoms with Crippen molar-refractivity contribution in [2.75, 3.05) is 42.9 Å². The highest BCUT2D eigenvalue weighted by Crippen LogP contribution is 2.26. The number of quaternary nitrogens is 1. The Bertz CT molecular complexity index is 771. The van der Waals surface area contributed by atoms with E-state index in [-0.39, 0.29) is 5.91 Å². The second kappa shape index (κ2) is 7.82. The summed E-state index contributed by atoms with van der Waals surface area (Å²) in [4.78, 5) is 16.5. The largest absolute Gasteiger partial charge is 0.359 e. The van der Waals surface area contributed by atoms with Crippen molar-refractivity contribution in [2.24, 2.45) is 0 Å². The number of para-hydroxylation sites is 2. The molecule has 1 aliphatic heterocycles. The summed E-state index contributed by atoms with van der Waals surface area (Å²) in [6.45, 7) is 7.60. The Morgan fingerprint density at radius 2 is 1.84 bits per heavy atom. The Balaban J connectivity index is 1.74. The molecule has 0 unspecified atom stereocenters. The highest BCUT2D eigenvalue weighted by Gasteiger charge is 2.21. The number of benzene rings is 2. The molecule has 0 aliphatic carbocycles. The van der Waals surface area contributed by atoms with Crippen molar-refractivity contribution in [1.29, 1.82) is 5.26 Å². The molecule has 1 amide bonds. The minimum Gasteiger partial charge on any atom is -0.359 e.